The molecule has 0 saturated carbocycles. The van der Waals surface area contributed by atoms with Crippen LogP contribution in [0, 0.1) is 0 Å². The Hall–Kier alpha value is -3.69. The van der Waals surface area contributed by atoms with Crippen LogP contribution in [0.3, 0.4) is 0 Å². The van der Waals surface area contributed by atoms with Gasteiger partial charge in [0.15, 0.2) is 6.61 Å². The summed E-state index contributed by atoms with van der Waals surface area (Å²) in [6.45, 7) is 3.82. The molecule has 3 N–H and O–H groups in total. The number of primary sulfonamides is 1. The Balaban J connectivity index is 1.71. The predicted octanol–water partition coefficient (Wildman–Crippen LogP) is 3.56. The summed E-state index contributed by atoms with van der Waals surface area (Å²) < 4.78 is 29.4. The number of nitrogens with one attached hydrogen (secondary N) is 1. The Bertz CT molecular complexity index is 1340. The normalized spacial score (nSPS) is 15.6. The molecule has 1 heterocycles. The van der Waals surface area contributed by atoms with E-state index in [0.29, 0.717) is 22.9 Å². The van der Waals surface area contributed by atoms with Gasteiger partial charge in [0, 0.05) is 0 Å². The van der Waals surface area contributed by atoms with Gasteiger partial charge in [-0.25, -0.2) is 13.6 Å². The van der Waals surface area contributed by atoms with Crippen LogP contribution in [0.25, 0.3) is 0 Å². The second-order valence-corrected chi connectivity index (χ2v) is 9.87. The first-order valence-corrected chi connectivity index (χ1v) is 12.3. The summed E-state index contributed by atoms with van der Waals surface area (Å²) in [7, 11) is -3.99. The van der Waals surface area contributed by atoms with Gasteiger partial charge in [0.25, 0.3) is 11.8 Å². The highest BCUT2D eigenvalue weighted by molar-refractivity contribution is 7.89. The smallest absolute Gasteiger partial charge is 0.265 e. The van der Waals surface area contributed by atoms with Crippen molar-refractivity contribution in [2.24, 2.45) is 5.14 Å². The third kappa shape index (κ3) is 4.80. The maximum absolute atomic E-state index is 13.4. The lowest BCUT2D eigenvalue weighted by Crippen LogP contribution is -2.47. The molecule has 1 unspecified atom stereocenters. The van der Waals surface area contributed by atoms with E-state index in [1.807, 2.05) is 24.3 Å². The van der Waals surface area contributed by atoms with E-state index >= 15 is 0 Å². The second-order valence-electron chi connectivity index (χ2n) is 8.31. The maximum Gasteiger partial charge on any atom is 0.265 e. The topological polar surface area (TPSA) is 119 Å². The maximum atomic E-state index is 13.4. The third-order valence-electron chi connectivity index (χ3n) is 5.59. The molecule has 1 aliphatic rings. The number of hydrogen-bond acceptors (Lipinski definition) is 5. The molecule has 0 spiro atoms. The Kier molecular flexibility index (Phi) is 6.41. The van der Waals surface area contributed by atoms with Gasteiger partial charge in [0.1, 0.15) is 11.8 Å². The Morgan fingerprint density at radius 2 is 1.79 bits per heavy atom. The molecule has 176 valence electrons. The lowest BCUT2D eigenvalue weighted by atomic mass is 10.00. The first-order chi connectivity index (χ1) is 16.1. The molecule has 0 saturated heterocycles. The number of anilines is 2. The molecule has 0 aromatic heterocycles. The van der Waals surface area contributed by atoms with Crippen molar-refractivity contribution in [3.8, 4) is 5.75 Å². The van der Waals surface area contributed by atoms with E-state index in [1.165, 1.54) is 23.1 Å². The van der Waals surface area contributed by atoms with E-state index in [-0.39, 0.29) is 17.2 Å². The Labute approximate surface area is 198 Å². The van der Waals surface area contributed by atoms with Crippen molar-refractivity contribution in [3.05, 3.63) is 83.9 Å². The molecule has 8 nitrogen and oxygen atoms in total. The van der Waals surface area contributed by atoms with Crippen LogP contribution in [-0.2, 0) is 19.6 Å². The molecule has 9 heteroatoms. The van der Waals surface area contributed by atoms with Crippen molar-refractivity contribution < 1.29 is 22.7 Å². The highest BCUT2D eigenvalue weighted by Crippen LogP contribution is 2.39. The number of ether oxygens (including phenoxy) is 1. The minimum absolute atomic E-state index is 0.168. The summed E-state index contributed by atoms with van der Waals surface area (Å²) in [5.41, 5.74) is 2.21. The fourth-order valence-electron chi connectivity index (χ4n) is 3.85. The monoisotopic (exact) mass is 479 g/mol. The van der Waals surface area contributed by atoms with Gasteiger partial charge in [-0.2, -0.15) is 0 Å². The highest BCUT2D eigenvalue weighted by Gasteiger charge is 2.38. The lowest BCUT2D eigenvalue weighted by molar-refractivity contribution is -0.125. The van der Waals surface area contributed by atoms with E-state index in [4.69, 9.17) is 9.88 Å². The van der Waals surface area contributed by atoms with Gasteiger partial charge in [-0.3, -0.25) is 14.5 Å². The van der Waals surface area contributed by atoms with Gasteiger partial charge in [-0.05, 0) is 47.4 Å². The van der Waals surface area contributed by atoms with E-state index < -0.39 is 27.9 Å². The van der Waals surface area contributed by atoms with Gasteiger partial charge >= 0.3 is 0 Å². The van der Waals surface area contributed by atoms with Crippen molar-refractivity contribution in [1.82, 2.24) is 0 Å². The number of nitrogens with two attached hydrogens (primary N) is 1. The van der Waals surface area contributed by atoms with Crippen molar-refractivity contribution in [2.75, 3.05) is 16.8 Å². The number of carbonyl (C=O) groups excluding carboxylic acids is 2. The number of sulfonamides is 1. The molecule has 0 fully saturated rings. The number of hydrogen-bond donors (Lipinski definition) is 2. The molecule has 34 heavy (non-hydrogen) atoms. The van der Waals surface area contributed by atoms with Crippen LogP contribution >= 0.6 is 0 Å². The zero-order valence-electron chi connectivity index (χ0n) is 18.8. The van der Waals surface area contributed by atoms with Crippen LogP contribution in [0.15, 0.2) is 77.7 Å². The number of rotatable bonds is 6. The molecular formula is C25H25N3O5S. The first kappa shape index (κ1) is 23.5. The van der Waals surface area contributed by atoms with Crippen molar-refractivity contribution in [1.29, 1.82) is 0 Å². The van der Waals surface area contributed by atoms with Gasteiger partial charge in [-0.1, -0.05) is 56.3 Å². The molecule has 1 aliphatic heterocycles. The van der Waals surface area contributed by atoms with E-state index in [1.54, 1.807) is 30.3 Å². The predicted molar refractivity (Wildman–Crippen MR) is 129 cm³/mol. The van der Waals surface area contributed by atoms with Gasteiger partial charge in [0.05, 0.1) is 16.3 Å². The molecular weight excluding hydrogens is 454 g/mol. The number of nitrogens with zero attached hydrogens (tertiary/aromatic N) is 1. The minimum atomic E-state index is -3.99. The highest BCUT2D eigenvalue weighted by atomic mass is 32.2. The molecule has 0 radical (unpaired) electrons. The quantitative estimate of drug-likeness (QED) is 0.560. The fourth-order valence-corrected chi connectivity index (χ4v) is 4.39. The lowest BCUT2D eigenvalue weighted by Gasteiger charge is -2.36. The van der Waals surface area contributed by atoms with Gasteiger partial charge in [-0.15, -0.1) is 0 Å². The van der Waals surface area contributed by atoms with Crippen LogP contribution < -0.4 is 20.1 Å². The third-order valence-corrected chi connectivity index (χ3v) is 6.50. The van der Waals surface area contributed by atoms with Crippen LogP contribution in [-0.4, -0.2) is 26.8 Å². The van der Waals surface area contributed by atoms with Crippen LogP contribution in [0.5, 0.6) is 5.75 Å². The van der Waals surface area contributed by atoms with Crippen molar-refractivity contribution in [3.63, 3.8) is 0 Å². The van der Waals surface area contributed by atoms with E-state index in [9.17, 15) is 18.0 Å². The van der Waals surface area contributed by atoms with Crippen LogP contribution in [0.2, 0.25) is 0 Å². The van der Waals surface area contributed by atoms with E-state index in [0.717, 1.165) is 5.56 Å². The van der Waals surface area contributed by atoms with Crippen LogP contribution in [0.4, 0.5) is 11.4 Å². The number of carbonyl (C=O) groups is 2. The average molecular weight is 480 g/mol. The van der Waals surface area contributed by atoms with Crippen LogP contribution in [0.1, 0.15) is 36.9 Å². The fraction of sp³-hybridized carbons (Fsp3) is 0.200. The van der Waals surface area contributed by atoms with Crippen molar-refractivity contribution in [2.45, 2.75) is 30.7 Å². The molecule has 3 aromatic rings. The Morgan fingerprint density at radius 1 is 1.06 bits per heavy atom. The second kappa shape index (κ2) is 9.28. The van der Waals surface area contributed by atoms with Gasteiger partial charge < -0.3 is 10.1 Å². The molecule has 0 bridgehead atoms. The zero-order chi connectivity index (χ0) is 24.5. The molecule has 0 aliphatic carbocycles. The molecule has 1 atom stereocenters. The summed E-state index contributed by atoms with van der Waals surface area (Å²) in [5.74, 6) is -0.0850. The zero-order valence-corrected chi connectivity index (χ0v) is 19.6. The van der Waals surface area contributed by atoms with E-state index in [2.05, 4.69) is 19.2 Å². The SMILES string of the molecule is CC(C)c1cccc(OCC(=O)N2c3ccc(S(N)(=O)=O)cc3NC(=O)C2c2ccccc2)c1. The molecule has 4 rings (SSSR count). The summed E-state index contributed by atoms with van der Waals surface area (Å²) in [4.78, 5) is 27.7. The molecule has 3 aromatic carbocycles. The van der Waals surface area contributed by atoms with Crippen molar-refractivity contribution >= 4 is 33.2 Å². The first-order valence-electron chi connectivity index (χ1n) is 10.7. The number of amides is 2. The minimum Gasteiger partial charge on any atom is -0.484 e. The largest absolute Gasteiger partial charge is 0.484 e. The average Bonchev–Trinajstić information content (AvgIpc) is 2.81. The summed E-state index contributed by atoms with van der Waals surface area (Å²) in [6.07, 6.45) is 0. The Morgan fingerprint density at radius 3 is 2.47 bits per heavy atom. The summed E-state index contributed by atoms with van der Waals surface area (Å²) in [6, 6.07) is 19.4. The summed E-state index contributed by atoms with van der Waals surface area (Å²) in [5, 5.41) is 7.95. The van der Waals surface area contributed by atoms with Gasteiger partial charge in [0.2, 0.25) is 10.0 Å². The summed E-state index contributed by atoms with van der Waals surface area (Å²) >= 11 is 0. The number of benzene rings is 3. The number of fused-ring (bicyclic) bond motifs is 1. The standard InChI is InChI=1S/C25H25N3O5S/c1-16(2)18-9-6-10-19(13-18)33-15-23(29)28-22-12-11-20(34(26,31)32)14-21(22)27-25(30)24(28)17-7-4-3-5-8-17/h3-14,16,24H,15H2,1-2H3,(H,27,30)(H2,26,31,32). The molecule has 2 amide bonds.